The summed E-state index contributed by atoms with van der Waals surface area (Å²) < 4.78 is 36.5. The van der Waals surface area contributed by atoms with Gasteiger partial charge in [0.05, 0.1) is 10.7 Å². The van der Waals surface area contributed by atoms with E-state index in [1.54, 1.807) is 0 Å². The Labute approximate surface area is 110 Å². The Morgan fingerprint density at radius 3 is 2.50 bits per heavy atom. The van der Waals surface area contributed by atoms with Crippen LogP contribution in [0.1, 0.15) is 35.8 Å². The number of alkyl halides is 3. The van der Waals surface area contributed by atoms with Crippen molar-refractivity contribution in [1.29, 1.82) is 0 Å². The Hall–Kier alpha value is -0.620. The van der Waals surface area contributed by atoms with E-state index in [2.05, 4.69) is 24.1 Å². The van der Waals surface area contributed by atoms with E-state index in [4.69, 9.17) is 0 Å². The third kappa shape index (κ3) is 5.35. The Morgan fingerprint density at radius 2 is 2.00 bits per heavy atom. The molecular formula is C12H19F3N2S. The number of rotatable bonds is 6. The molecule has 0 aliphatic rings. The second-order valence-electron chi connectivity index (χ2n) is 4.72. The number of hydrogen-bond donors (Lipinski definition) is 1. The molecule has 0 aliphatic carbocycles. The minimum absolute atomic E-state index is 0.0109. The predicted molar refractivity (Wildman–Crippen MR) is 67.8 cm³/mol. The van der Waals surface area contributed by atoms with Crippen molar-refractivity contribution in [3.8, 4) is 0 Å². The smallest absolute Gasteiger partial charge is 0.315 e. The number of nitrogens with zero attached hydrogens (tertiary/aromatic N) is 1. The molecule has 0 bridgehead atoms. The first-order valence-electron chi connectivity index (χ1n) is 6.00. The van der Waals surface area contributed by atoms with E-state index in [-0.39, 0.29) is 6.42 Å². The van der Waals surface area contributed by atoms with Gasteiger partial charge in [-0.1, -0.05) is 13.8 Å². The van der Waals surface area contributed by atoms with E-state index < -0.39 is 12.6 Å². The maximum atomic E-state index is 12.2. The molecule has 0 unspecified atom stereocenters. The maximum Gasteiger partial charge on any atom is 0.389 e. The molecule has 0 amide bonds. The van der Waals surface area contributed by atoms with Gasteiger partial charge in [0.1, 0.15) is 0 Å². The van der Waals surface area contributed by atoms with Gasteiger partial charge in [-0.25, -0.2) is 4.98 Å². The number of aryl methyl sites for hydroxylation is 1. The summed E-state index contributed by atoms with van der Waals surface area (Å²) in [6.45, 7) is 4.83. The predicted octanol–water partition coefficient (Wildman–Crippen LogP) is 3.56. The molecule has 0 saturated heterocycles. The summed E-state index contributed by atoms with van der Waals surface area (Å²) in [7, 11) is 1.83. The van der Waals surface area contributed by atoms with Crippen LogP contribution in [0.3, 0.4) is 0 Å². The Kier molecular flexibility index (Phi) is 5.59. The minimum Gasteiger partial charge on any atom is -0.315 e. The highest BCUT2D eigenvalue weighted by Crippen LogP contribution is 2.26. The molecule has 0 saturated carbocycles. The number of hydrogen-bond acceptors (Lipinski definition) is 3. The molecule has 1 N–H and O–H groups in total. The molecule has 6 heteroatoms. The van der Waals surface area contributed by atoms with Crippen LogP contribution in [0.4, 0.5) is 13.2 Å². The Morgan fingerprint density at radius 1 is 1.33 bits per heavy atom. The number of halogens is 3. The van der Waals surface area contributed by atoms with E-state index in [1.165, 1.54) is 11.3 Å². The lowest BCUT2D eigenvalue weighted by molar-refractivity contribution is -0.134. The highest BCUT2D eigenvalue weighted by Gasteiger charge is 2.27. The van der Waals surface area contributed by atoms with Crippen molar-refractivity contribution in [2.45, 2.75) is 45.8 Å². The highest BCUT2D eigenvalue weighted by molar-refractivity contribution is 7.11. The molecular weight excluding hydrogens is 261 g/mol. The van der Waals surface area contributed by atoms with Crippen molar-refractivity contribution in [2.24, 2.45) is 5.92 Å². The molecule has 1 aromatic heterocycles. The summed E-state index contributed by atoms with van der Waals surface area (Å²) in [6.07, 6.45) is -4.09. The zero-order valence-electron chi connectivity index (χ0n) is 10.9. The van der Waals surface area contributed by atoms with Crippen molar-refractivity contribution >= 4 is 11.3 Å². The summed E-state index contributed by atoms with van der Waals surface area (Å²) in [4.78, 5) is 5.41. The van der Waals surface area contributed by atoms with Gasteiger partial charge in [0.25, 0.3) is 0 Å². The molecule has 0 aromatic carbocycles. The molecule has 1 heterocycles. The van der Waals surface area contributed by atoms with Crippen LogP contribution in [-0.4, -0.2) is 18.2 Å². The van der Waals surface area contributed by atoms with Gasteiger partial charge in [-0.3, -0.25) is 0 Å². The van der Waals surface area contributed by atoms with Crippen LogP contribution in [0.2, 0.25) is 0 Å². The lowest BCUT2D eigenvalue weighted by Gasteiger charge is -2.04. The highest BCUT2D eigenvalue weighted by atomic mass is 32.1. The fourth-order valence-corrected chi connectivity index (χ4v) is 2.74. The van der Waals surface area contributed by atoms with Crippen molar-refractivity contribution in [1.82, 2.24) is 10.3 Å². The van der Waals surface area contributed by atoms with E-state index >= 15 is 0 Å². The molecule has 0 atom stereocenters. The molecule has 104 valence electrons. The number of aromatic nitrogens is 1. The molecule has 0 radical (unpaired) electrons. The largest absolute Gasteiger partial charge is 0.389 e. The van der Waals surface area contributed by atoms with Gasteiger partial charge in [-0.15, -0.1) is 11.3 Å². The van der Waals surface area contributed by atoms with Gasteiger partial charge in [0.2, 0.25) is 0 Å². The van der Waals surface area contributed by atoms with Gasteiger partial charge in [0.15, 0.2) is 0 Å². The molecule has 2 nitrogen and oxygen atoms in total. The first-order chi connectivity index (χ1) is 8.31. The van der Waals surface area contributed by atoms with Crippen LogP contribution in [0.5, 0.6) is 0 Å². The van der Waals surface area contributed by atoms with Gasteiger partial charge < -0.3 is 5.32 Å². The zero-order valence-corrected chi connectivity index (χ0v) is 11.7. The molecule has 1 rings (SSSR count). The van der Waals surface area contributed by atoms with E-state index in [1.807, 2.05) is 7.05 Å². The average Bonchev–Trinajstić information content (AvgIpc) is 2.57. The van der Waals surface area contributed by atoms with E-state index in [0.717, 1.165) is 17.0 Å². The van der Waals surface area contributed by atoms with Crippen LogP contribution in [-0.2, 0) is 19.4 Å². The number of thiazole rings is 1. The normalized spacial score (nSPS) is 12.4. The van der Waals surface area contributed by atoms with Gasteiger partial charge in [-0.05, 0) is 19.4 Å². The van der Waals surface area contributed by atoms with Crippen LogP contribution < -0.4 is 5.32 Å². The first kappa shape index (κ1) is 15.4. The summed E-state index contributed by atoms with van der Waals surface area (Å²) >= 11 is 1.39. The fraction of sp³-hybridized carbons (Fsp3) is 0.750. The maximum absolute atomic E-state index is 12.2. The van der Waals surface area contributed by atoms with Gasteiger partial charge in [0, 0.05) is 24.3 Å². The zero-order chi connectivity index (χ0) is 13.8. The third-order valence-electron chi connectivity index (χ3n) is 2.38. The van der Waals surface area contributed by atoms with Crippen LogP contribution in [0.15, 0.2) is 0 Å². The quantitative estimate of drug-likeness (QED) is 0.862. The number of nitrogens with one attached hydrogen (secondary N) is 1. The molecule has 1 aromatic rings. The van der Waals surface area contributed by atoms with E-state index in [0.29, 0.717) is 17.5 Å². The topological polar surface area (TPSA) is 24.9 Å². The summed E-state index contributed by atoms with van der Waals surface area (Å²) in [5.41, 5.74) is 0.946. The molecule has 0 aliphatic heterocycles. The van der Waals surface area contributed by atoms with Crippen LogP contribution in [0.25, 0.3) is 0 Å². The average molecular weight is 280 g/mol. The summed E-state index contributed by atoms with van der Waals surface area (Å²) in [6, 6.07) is 0. The van der Waals surface area contributed by atoms with Crippen LogP contribution in [0, 0.1) is 5.92 Å². The van der Waals surface area contributed by atoms with Crippen molar-refractivity contribution in [3.05, 3.63) is 15.6 Å². The molecule has 0 spiro atoms. The van der Waals surface area contributed by atoms with Crippen LogP contribution >= 0.6 is 11.3 Å². The fourth-order valence-electron chi connectivity index (χ4n) is 1.64. The summed E-state index contributed by atoms with van der Waals surface area (Å²) in [5, 5.41) is 3.62. The summed E-state index contributed by atoms with van der Waals surface area (Å²) in [5.74, 6) is 0.457. The van der Waals surface area contributed by atoms with Gasteiger partial charge >= 0.3 is 6.18 Å². The van der Waals surface area contributed by atoms with Crippen molar-refractivity contribution in [2.75, 3.05) is 7.05 Å². The lowest BCUT2D eigenvalue weighted by atomic mass is 10.1. The van der Waals surface area contributed by atoms with Crippen molar-refractivity contribution < 1.29 is 13.2 Å². The first-order valence-corrected chi connectivity index (χ1v) is 6.82. The standard InChI is InChI=1S/C12H19F3N2S/c1-8(2)6-9-10(7-16-3)18-11(17-9)4-5-12(13,14)15/h8,16H,4-7H2,1-3H3. The monoisotopic (exact) mass is 280 g/mol. The van der Waals surface area contributed by atoms with E-state index in [9.17, 15) is 13.2 Å². The third-order valence-corrected chi connectivity index (χ3v) is 3.54. The minimum atomic E-state index is -4.10. The van der Waals surface area contributed by atoms with Crippen molar-refractivity contribution in [3.63, 3.8) is 0 Å². The Bertz CT molecular complexity index is 372. The molecule has 0 fully saturated rings. The lowest BCUT2D eigenvalue weighted by Crippen LogP contribution is -2.08. The Balaban J connectivity index is 2.74. The second kappa shape index (κ2) is 6.52. The SMILES string of the molecule is CNCc1sc(CCC(F)(F)F)nc1CC(C)C. The second-order valence-corrected chi connectivity index (χ2v) is 5.89. The molecule has 18 heavy (non-hydrogen) atoms. The van der Waals surface area contributed by atoms with Gasteiger partial charge in [-0.2, -0.15) is 13.2 Å².